The zero-order valence-corrected chi connectivity index (χ0v) is 16.3. The summed E-state index contributed by atoms with van der Waals surface area (Å²) in [6.45, 7) is 3.82. The van der Waals surface area contributed by atoms with Gasteiger partial charge in [0.1, 0.15) is 5.00 Å². The molecule has 0 radical (unpaired) electrons. The molecule has 4 nitrogen and oxygen atoms in total. The Morgan fingerprint density at radius 1 is 1.15 bits per heavy atom. The van der Waals surface area contributed by atoms with E-state index in [9.17, 15) is 4.79 Å². The van der Waals surface area contributed by atoms with Gasteiger partial charge in [-0.1, -0.05) is 12.5 Å². The van der Waals surface area contributed by atoms with Crippen LogP contribution in [-0.4, -0.2) is 28.9 Å². The van der Waals surface area contributed by atoms with Crippen molar-refractivity contribution in [2.75, 3.05) is 18.4 Å². The first-order valence-electron chi connectivity index (χ1n) is 9.81. The molecule has 0 saturated carbocycles. The highest BCUT2D eigenvalue weighted by atomic mass is 32.1. The highest BCUT2D eigenvalue weighted by molar-refractivity contribution is 7.16. The van der Waals surface area contributed by atoms with E-state index in [1.165, 1.54) is 48.1 Å². The highest BCUT2D eigenvalue weighted by Crippen LogP contribution is 2.45. The van der Waals surface area contributed by atoms with Crippen LogP contribution in [0.1, 0.15) is 66.8 Å². The third kappa shape index (κ3) is 3.55. The molecule has 1 N–H and O–H groups in total. The number of anilines is 1. The van der Waals surface area contributed by atoms with Crippen LogP contribution >= 0.6 is 11.3 Å². The van der Waals surface area contributed by atoms with Gasteiger partial charge < -0.3 is 5.32 Å². The molecule has 1 aliphatic carbocycles. The second-order valence-electron chi connectivity index (χ2n) is 7.39. The van der Waals surface area contributed by atoms with Crippen LogP contribution in [0.3, 0.4) is 0 Å². The van der Waals surface area contributed by atoms with Gasteiger partial charge in [-0.2, -0.15) is 0 Å². The number of carbonyl (C=O) groups excluding carboxylic acids is 1. The SMILES string of the molecule is CC(=O)Nc1sc2c(c1[C@@H](c1ccccn1)N1CCCCC1)CCCC2. The molecule has 138 valence electrons. The number of fused-ring (bicyclic) bond motifs is 1. The van der Waals surface area contributed by atoms with Gasteiger partial charge in [-0.25, -0.2) is 0 Å². The fourth-order valence-corrected chi connectivity index (χ4v) is 5.73. The Kier molecular flexibility index (Phi) is 5.36. The predicted octanol–water partition coefficient (Wildman–Crippen LogP) is 4.56. The molecule has 0 unspecified atom stereocenters. The molecule has 2 aliphatic rings. The van der Waals surface area contributed by atoms with Crippen LogP contribution in [-0.2, 0) is 17.6 Å². The summed E-state index contributed by atoms with van der Waals surface area (Å²) in [6, 6.07) is 6.35. The van der Waals surface area contributed by atoms with Gasteiger partial charge in [0.05, 0.1) is 11.7 Å². The summed E-state index contributed by atoms with van der Waals surface area (Å²) in [7, 11) is 0. The van der Waals surface area contributed by atoms with Crippen molar-refractivity contribution in [1.29, 1.82) is 0 Å². The Hall–Kier alpha value is -1.72. The number of pyridine rings is 1. The first kappa shape index (κ1) is 17.7. The third-order valence-corrected chi connectivity index (χ3v) is 6.72. The minimum atomic E-state index is 0.0169. The number of likely N-dealkylation sites (tertiary alicyclic amines) is 1. The van der Waals surface area contributed by atoms with E-state index in [4.69, 9.17) is 4.98 Å². The quantitative estimate of drug-likeness (QED) is 0.859. The minimum Gasteiger partial charge on any atom is -0.318 e. The summed E-state index contributed by atoms with van der Waals surface area (Å²) >= 11 is 1.79. The van der Waals surface area contributed by atoms with E-state index >= 15 is 0 Å². The number of thiophene rings is 1. The number of carbonyl (C=O) groups is 1. The number of hydrogen-bond acceptors (Lipinski definition) is 4. The molecule has 1 aliphatic heterocycles. The maximum absolute atomic E-state index is 11.9. The maximum Gasteiger partial charge on any atom is 0.221 e. The van der Waals surface area contributed by atoms with Gasteiger partial charge in [0.2, 0.25) is 5.91 Å². The number of nitrogens with zero attached hydrogens (tertiary/aromatic N) is 2. The van der Waals surface area contributed by atoms with E-state index in [2.05, 4.69) is 22.3 Å². The van der Waals surface area contributed by atoms with E-state index in [0.29, 0.717) is 0 Å². The largest absolute Gasteiger partial charge is 0.318 e. The first-order chi connectivity index (χ1) is 12.7. The van der Waals surface area contributed by atoms with Crippen LogP contribution < -0.4 is 5.32 Å². The fourth-order valence-electron chi connectivity index (χ4n) is 4.36. The summed E-state index contributed by atoms with van der Waals surface area (Å²) < 4.78 is 0. The van der Waals surface area contributed by atoms with Crippen LogP contribution in [0, 0.1) is 0 Å². The van der Waals surface area contributed by atoms with Gasteiger partial charge in [-0.3, -0.25) is 14.7 Å². The highest BCUT2D eigenvalue weighted by Gasteiger charge is 2.33. The standard InChI is InChI=1S/C21H27N3OS/c1-15(25)23-21-19(16-9-3-4-11-18(16)26-21)20(17-10-5-6-12-22-17)24-13-7-2-8-14-24/h5-6,10,12,20H,2-4,7-9,11,13-14H2,1H3,(H,23,25)/t20-/m1/s1. The van der Waals surface area contributed by atoms with E-state index in [0.717, 1.165) is 36.6 Å². The van der Waals surface area contributed by atoms with Crippen LogP contribution in [0.15, 0.2) is 24.4 Å². The molecule has 0 aromatic carbocycles. The molecule has 1 saturated heterocycles. The van der Waals surface area contributed by atoms with Crippen molar-refractivity contribution in [2.45, 2.75) is 57.9 Å². The minimum absolute atomic E-state index is 0.0169. The van der Waals surface area contributed by atoms with Crippen molar-refractivity contribution < 1.29 is 4.79 Å². The second-order valence-corrected chi connectivity index (χ2v) is 8.49. The number of aryl methyl sites for hydroxylation is 1. The molecule has 26 heavy (non-hydrogen) atoms. The number of amides is 1. The summed E-state index contributed by atoms with van der Waals surface area (Å²) in [6.07, 6.45) is 10.4. The van der Waals surface area contributed by atoms with Gasteiger partial charge in [0.15, 0.2) is 0 Å². The molecule has 2 aromatic rings. The molecule has 2 aromatic heterocycles. The number of piperidine rings is 1. The number of hydrogen-bond donors (Lipinski definition) is 1. The lowest BCUT2D eigenvalue weighted by Crippen LogP contribution is -2.35. The summed E-state index contributed by atoms with van der Waals surface area (Å²) in [5.74, 6) is 0.0169. The van der Waals surface area contributed by atoms with Gasteiger partial charge in [0.25, 0.3) is 0 Å². The average Bonchev–Trinajstić information content (AvgIpc) is 3.01. The fraction of sp³-hybridized carbons (Fsp3) is 0.524. The molecule has 0 spiro atoms. The third-order valence-electron chi connectivity index (χ3n) is 5.50. The Morgan fingerprint density at radius 3 is 2.69 bits per heavy atom. The van der Waals surface area contributed by atoms with Gasteiger partial charge in [-0.15, -0.1) is 11.3 Å². The first-order valence-corrected chi connectivity index (χ1v) is 10.6. The molecule has 1 amide bonds. The van der Waals surface area contributed by atoms with Crippen molar-refractivity contribution in [1.82, 2.24) is 9.88 Å². The molecule has 3 heterocycles. The average molecular weight is 370 g/mol. The lowest BCUT2D eigenvalue weighted by molar-refractivity contribution is -0.114. The smallest absolute Gasteiger partial charge is 0.221 e. The summed E-state index contributed by atoms with van der Waals surface area (Å²) in [5.41, 5.74) is 3.90. The number of rotatable bonds is 4. The van der Waals surface area contributed by atoms with Crippen molar-refractivity contribution >= 4 is 22.2 Å². The van der Waals surface area contributed by atoms with E-state index in [1.54, 1.807) is 18.3 Å². The second kappa shape index (κ2) is 7.89. The van der Waals surface area contributed by atoms with Crippen LogP contribution in [0.2, 0.25) is 0 Å². The van der Waals surface area contributed by atoms with Crippen molar-refractivity contribution in [2.24, 2.45) is 0 Å². The van der Waals surface area contributed by atoms with Gasteiger partial charge in [0, 0.05) is 23.6 Å². The Morgan fingerprint density at radius 2 is 1.96 bits per heavy atom. The number of aromatic nitrogens is 1. The predicted molar refractivity (Wildman–Crippen MR) is 107 cm³/mol. The monoisotopic (exact) mass is 369 g/mol. The molecular weight excluding hydrogens is 342 g/mol. The van der Waals surface area contributed by atoms with Crippen molar-refractivity contribution in [3.63, 3.8) is 0 Å². The topological polar surface area (TPSA) is 45.2 Å². The normalized spacial score (nSPS) is 19.0. The lowest BCUT2D eigenvalue weighted by Gasteiger charge is -2.35. The van der Waals surface area contributed by atoms with E-state index in [-0.39, 0.29) is 11.9 Å². The van der Waals surface area contributed by atoms with Gasteiger partial charge >= 0.3 is 0 Å². The zero-order valence-electron chi connectivity index (χ0n) is 15.5. The van der Waals surface area contributed by atoms with E-state index < -0.39 is 0 Å². The maximum atomic E-state index is 11.9. The molecule has 4 rings (SSSR count). The molecule has 0 bridgehead atoms. The van der Waals surface area contributed by atoms with Crippen LogP contribution in [0.5, 0.6) is 0 Å². The number of nitrogens with one attached hydrogen (secondary N) is 1. The lowest BCUT2D eigenvalue weighted by atomic mass is 9.89. The summed E-state index contributed by atoms with van der Waals surface area (Å²) in [5, 5.41) is 4.19. The summed E-state index contributed by atoms with van der Waals surface area (Å²) in [4.78, 5) is 20.7. The van der Waals surface area contributed by atoms with Crippen LogP contribution in [0.4, 0.5) is 5.00 Å². The Labute approximate surface area is 159 Å². The molecule has 1 atom stereocenters. The van der Waals surface area contributed by atoms with Crippen molar-refractivity contribution in [3.05, 3.63) is 46.1 Å². The Bertz CT molecular complexity index is 765. The molecule has 5 heteroatoms. The van der Waals surface area contributed by atoms with Crippen LogP contribution in [0.25, 0.3) is 0 Å². The molecular formula is C21H27N3OS. The molecule has 1 fully saturated rings. The zero-order chi connectivity index (χ0) is 17.9. The van der Waals surface area contributed by atoms with Crippen molar-refractivity contribution in [3.8, 4) is 0 Å². The Balaban J connectivity index is 1.84. The van der Waals surface area contributed by atoms with E-state index in [1.807, 2.05) is 12.3 Å². The van der Waals surface area contributed by atoms with Gasteiger partial charge in [-0.05, 0) is 69.3 Å².